The molecule has 0 saturated heterocycles. The Hall–Kier alpha value is -4.07. The molecule has 27 heavy (non-hydrogen) atoms. The third kappa shape index (κ3) is 2.27. The molecule has 0 spiro atoms. The highest BCUT2D eigenvalue weighted by Gasteiger charge is 2.18. The van der Waals surface area contributed by atoms with Crippen LogP contribution in [0.3, 0.4) is 0 Å². The van der Waals surface area contributed by atoms with Crippen molar-refractivity contribution in [1.29, 1.82) is 0 Å². The number of nitrogens with zero attached hydrogens (tertiary/aromatic N) is 4. The minimum atomic E-state index is -0.290. The van der Waals surface area contributed by atoms with E-state index in [0.29, 0.717) is 16.6 Å². The van der Waals surface area contributed by atoms with E-state index in [-0.39, 0.29) is 5.56 Å². The molecule has 4 N–H and O–H groups in total. The number of benzene rings is 2. The Bertz CT molecular complexity index is 1360. The zero-order chi connectivity index (χ0) is 18.4. The molecule has 0 aliphatic heterocycles. The largest absolute Gasteiger partial charge is 0.398 e. The Morgan fingerprint density at radius 3 is 2.78 bits per heavy atom. The summed E-state index contributed by atoms with van der Waals surface area (Å²) in [7, 11) is 0. The minimum Gasteiger partial charge on any atom is -0.398 e. The fourth-order valence-corrected chi connectivity index (χ4v) is 3.37. The van der Waals surface area contributed by atoms with Crippen LogP contribution in [-0.4, -0.2) is 30.4 Å². The number of fused-ring (bicyclic) bond motifs is 2. The van der Waals surface area contributed by atoms with E-state index >= 15 is 0 Å². The summed E-state index contributed by atoms with van der Waals surface area (Å²) in [5.41, 5.74) is 11.1. The van der Waals surface area contributed by atoms with Crippen molar-refractivity contribution in [2.24, 2.45) is 0 Å². The highest BCUT2D eigenvalue weighted by atomic mass is 16.1. The first-order valence-electron chi connectivity index (χ1n) is 8.23. The second-order valence-corrected chi connectivity index (χ2v) is 6.11. The van der Waals surface area contributed by atoms with Crippen LogP contribution in [0.25, 0.3) is 44.1 Å². The van der Waals surface area contributed by atoms with E-state index in [2.05, 4.69) is 30.4 Å². The number of hydrogen-bond donors (Lipinski definition) is 3. The average Bonchev–Trinajstić information content (AvgIpc) is 3.18. The van der Waals surface area contributed by atoms with E-state index in [0.717, 1.165) is 33.2 Å². The van der Waals surface area contributed by atoms with Gasteiger partial charge in [-0.1, -0.05) is 12.1 Å². The predicted octanol–water partition coefficient (Wildman–Crippen LogP) is 2.51. The molecule has 8 heteroatoms. The molecule has 5 rings (SSSR count). The Balaban J connectivity index is 1.95. The molecule has 0 radical (unpaired) electrons. The Kier molecular flexibility index (Phi) is 3.23. The highest BCUT2D eigenvalue weighted by Crippen LogP contribution is 2.39. The van der Waals surface area contributed by atoms with Crippen molar-refractivity contribution in [2.45, 2.75) is 0 Å². The van der Waals surface area contributed by atoms with Crippen molar-refractivity contribution in [3.8, 4) is 22.3 Å². The van der Waals surface area contributed by atoms with Crippen LogP contribution >= 0.6 is 0 Å². The summed E-state index contributed by atoms with van der Waals surface area (Å²) in [6.07, 6.45) is 6.35. The van der Waals surface area contributed by atoms with Gasteiger partial charge in [-0.25, -0.2) is 4.98 Å². The third-order valence-corrected chi connectivity index (χ3v) is 4.63. The van der Waals surface area contributed by atoms with E-state index in [1.54, 1.807) is 18.6 Å². The lowest BCUT2D eigenvalue weighted by Gasteiger charge is -2.13. The number of anilines is 1. The standard InChI is InChI=1S/C19H13N7O/c20-17-13(11-2-1-3-15-14(11)8-25-26-15)6-12(10-4-5-23-24-7-10)18-16(17)19(27)22-9-21-18/h1-9H,20H2,(H,25,26)(H,21,22,27). The summed E-state index contributed by atoms with van der Waals surface area (Å²) in [6, 6.07) is 9.56. The smallest absolute Gasteiger partial charge is 0.260 e. The maximum absolute atomic E-state index is 12.6. The topological polar surface area (TPSA) is 126 Å². The van der Waals surface area contributed by atoms with E-state index in [9.17, 15) is 4.79 Å². The zero-order valence-corrected chi connectivity index (χ0v) is 14.0. The molecule has 3 heterocycles. The second-order valence-electron chi connectivity index (χ2n) is 6.11. The molecule has 0 fully saturated rings. The summed E-state index contributed by atoms with van der Waals surface area (Å²) in [5, 5.41) is 16.1. The molecule has 5 aromatic rings. The van der Waals surface area contributed by atoms with Crippen molar-refractivity contribution in [3.63, 3.8) is 0 Å². The van der Waals surface area contributed by atoms with Crippen LogP contribution in [-0.2, 0) is 0 Å². The average molecular weight is 355 g/mol. The molecular weight excluding hydrogens is 342 g/mol. The van der Waals surface area contributed by atoms with Crippen molar-refractivity contribution >= 4 is 27.5 Å². The predicted molar refractivity (Wildman–Crippen MR) is 103 cm³/mol. The maximum atomic E-state index is 12.6. The van der Waals surface area contributed by atoms with Crippen LogP contribution in [0.2, 0.25) is 0 Å². The van der Waals surface area contributed by atoms with Gasteiger partial charge in [-0.05, 0) is 23.8 Å². The van der Waals surface area contributed by atoms with Gasteiger partial charge in [-0.2, -0.15) is 15.3 Å². The summed E-state index contributed by atoms with van der Waals surface area (Å²) >= 11 is 0. The van der Waals surface area contributed by atoms with Crippen molar-refractivity contribution in [2.75, 3.05) is 5.73 Å². The van der Waals surface area contributed by atoms with Crippen molar-refractivity contribution in [3.05, 3.63) is 65.6 Å². The lowest BCUT2D eigenvalue weighted by Crippen LogP contribution is -2.10. The van der Waals surface area contributed by atoms with Crippen LogP contribution in [0.15, 0.2) is 60.0 Å². The van der Waals surface area contributed by atoms with Gasteiger partial charge in [0.1, 0.15) is 0 Å². The van der Waals surface area contributed by atoms with E-state index < -0.39 is 0 Å². The number of hydrogen-bond acceptors (Lipinski definition) is 6. The molecule has 0 unspecified atom stereocenters. The first-order valence-corrected chi connectivity index (χ1v) is 8.23. The fourth-order valence-electron chi connectivity index (χ4n) is 3.37. The molecular formula is C19H13N7O. The first-order chi connectivity index (χ1) is 13.2. The maximum Gasteiger partial charge on any atom is 0.260 e. The first kappa shape index (κ1) is 15.2. The number of aromatic amines is 2. The molecule has 130 valence electrons. The number of nitrogens with two attached hydrogens (primary N) is 1. The molecule has 3 aromatic heterocycles. The summed E-state index contributed by atoms with van der Waals surface area (Å²) in [6.45, 7) is 0. The lowest BCUT2D eigenvalue weighted by atomic mass is 9.93. The summed E-state index contributed by atoms with van der Waals surface area (Å²) < 4.78 is 0. The van der Waals surface area contributed by atoms with Gasteiger partial charge in [0.15, 0.2) is 0 Å². The molecule has 0 aliphatic rings. The molecule has 0 amide bonds. The number of H-pyrrole nitrogens is 2. The van der Waals surface area contributed by atoms with Gasteiger partial charge in [0, 0.05) is 22.1 Å². The number of rotatable bonds is 2. The second kappa shape index (κ2) is 5.73. The van der Waals surface area contributed by atoms with Gasteiger partial charge in [0.2, 0.25) is 0 Å². The number of nitrogen functional groups attached to an aromatic ring is 1. The molecule has 0 atom stereocenters. The SMILES string of the molecule is Nc1c(-c2cccc3[nH]ncc23)cc(-c2ccnnc2)c2nc[nH]c(=O)c12. The van der Waals surface area contributed by atoms with Gasteiger partial charge in [-0.3, -0.25) is 9.89 Å². The van der Waals surface area contributed by atoms with Gasteiger partial charge in [0.05, 0.1) is 47.0 Å². The van der Waals surface area contributed by atoms with Crippen molar-refractivity contribution < 1.29 is 0 Å². The molecule has 0 bridgehead atoms. The Morgan fingerprint density at radius 1 is 1.00 bits per heavy atom. The van der Waals surface area contributed by atoms with Crippen LogP contribution in [0.5, 0.6) is 0 Å². The van der Waals surface area contributed by atoms with E-state index in [1.165, 1.54) is 6.33 Å². The monoisotopic (exact) mass is 355 g/mol. The van der Waals surface area contributed by atoms with E-state index in [4.69, 9.17) is 5.73 Å². The molecule has 0 aliphatic carbocycles. The summed E-state index contributed by atoms with van der Waals surface area (Å²) in [4.78, 5) is 19.5. The fraction of sp³-hybridized carbons (Fsp3) is 0. The van der Waals surface area contributed by atoms with Crippen LogP contribution in [0, 0.1) is 0 Å². The van der Waals surface area contributed by atoms with Gasteiger partial charge < -0.3 is 10.7 Å². The Labute approximate surface area is 152 Å². The Morgan fingerprint density at radius 2 is 1.93 bits per heavy atom. The normalized spacial score (nSPS) is 11.3. The zero-order valence-electron chi connectivity index (χ0n) is 14.0. The van der Waals surface area contributed by atoms with Crippen LogP contribution in [0.4, 0.5) is 5.69 Å². The van der Waals surface area contributed by atoms with Crippen LogP contribution in [0.1, 0.15) is 0 Å². The van der Waals surface area contributed by atoms with Crippen LogP contribution < -0.4 is 11.3 Å². The lowest BCUT2D eigenvalue weighted by molar-refractivity contribution is 1.03. The van der Waals surface area contributed by atoms with Crippen molar-refractivity contribution in [1.82, 2.24) is 30.4 Å². The molecule has 2 aromatic carbocycles. The van der Waals surface area contributed by atoms with Gasteiger partial charge >= 0.3 is 0 Å². The number of nitrogens with one attached hydrogen (secondary N) is 2. The van der Waals surface area contributed by atoms with Gasteiger partial charge in [0.25, 0.3) is 5.56 Å². The summed E-state index contributed by atoms with van der Waals surface area (Å²) in [5.74, 6) is 0. The highest BCUT2D eigenvalue weighted by molar-refractivity contribution is 6.09. The third-order valence-electron chi connectivity index (χ3n) is 4.63. The molecule has 0 saturated carbocycles. The molecule has 8 nitrogen and oxygen atoms in total. The van der Waals surface area contributed by atoms with E-state index in [1.807, 2.05) is 30.3 Å². The minimum absolute atomic E-state index is 0.290. The quantitative estimate of drug-likeness (QED) is 0.418. The van der Waals surface area contributed by atoms with Gasteiger partial charge in [-0.15, -0.1) is 0 Å². The number of aromatic nitrogens is 6.